The minimum Gasteiger partial charge on any atom is -0.391 e. The first-order valence-electron chi connectivity index (χ1n) is 5.69. The number of halogens is 1. The van der Waals surface area contributed by atoms with Crippen LogP contribution < -0.4 is 5.73 Å². The van der Waals surface area contributed by atoms with Gasteiger partial charge in [0.05, 0.1) is 6.10 Å². The Morgan fingerprint density at radius 2 is 1.82 bits per heavy atom. The second-order valence-electron chi connectivity index (χ2n) is 4.56. The number of hydrogen-bond acceptors (Lipinski definition) is 2. The molecule has 90 valence electrons. The lowest BCUT2D eigenvalue weighted by atomic mass is 9.84. The molecule has 0 saturated carbocycles. The molecule has 0 amide bonds. The Morgan fingerprint density at radius 3 is 2.65 bits per heavy atom. The van der Waals surface area contributed by atoms with Crippen molar-refractivity contribution < 1.29 is 5.11 Å². The molecule has 3 rings (SSSR count). The average Bonchev–Trinajstić information content (AvgIpc) is 2.31. The van der Waals surface area contributed by atoms with E-state index in [2.05, 4.69) is 24.3 Å². The zero-order chi connectivity index (χ0) is 11.1. The topological polar surface area (TPSA) is 46.2 Å². The van der Waals surface area contributed by atoms with E-state index < -0.39 is 6.10 Å². The van der Waals surface area contributed by atoms with Crippen LogP contribution in [0.15, 0.2) is 36.4 Å². The van der Waals surface area contributed by atoms with Crippen LogP contribution in [0.1, 0.15) is 11.1 Å². The molecule has 0 saturated heterocycles. The summed E-state index contributed by atoms with van der Waals surface area (Å²) >= 11 is 0. The van der Waals surface area contributed by atoms with Crippen LogP contribution in [0.5, 0.6) is 0 Å². The summed E-state index contributed by atoms with van der Waals surface area (Å²) in [7, 11) is 0. The van der Waals surface area contributed by atoms with E-state index >= 15 is 0 Å². The molecule has 0 unspecified atom stereocenters. The van der Waals surface area contributed by atoms with Gasteiger partial charge >= 0.3 is 0 Å². The van der Waals surface area contributed by atoms with Crippen LogP contribution in [0.2, 0.25) is 0 Å². The number of hydrogen-bond donors (Lipinski definition) is 2. The smallest absolute Gasteiger partial charge is 0.0734 e. The third kappa shape index (κ3) is 2.04. The zero-order valence-corrected chi connectivity index (χ0v) is 10.3. The Hall–Kier alpha value is -1.09. The monoisotopic (exact) mass is 249 g/mol. The first-order valence-corrected chi connectivity index (χ1v) is 5.69. The highest BCUT2D eigenvalue weighted by atomic mass is 35.5. The van der Waals surface area contributed by atoms with E-state index in [1.807, 2.05) is 12.1 Å². The van der Waals surface area contributed by atoms with Crippen molar-refractivity contribution in [1.29, 1.82) is 0 Å². The summed E-state index contributed by atoms with van der Waals surface area (Å²) in [6.07, 6.45) is 1.05. The van der Waals surface area contributed by atoms with Gasteiger partial charge in [0.1, 0.15) is 0 Å². The lowest BCUT2D eigenvalue weighted by molar-refractivity contribution is 0.138. The lowest BCUT2D eigenvalue weighted by Gasteiger charge is -2.27. The van der Waals surface area contributed by atoms with Crippen molar-refractivity contribution in [2.75, 3.05) is 0 Å². The average molecular weight is 250 g/mol. The summed E-state index contributed by atoms with van der Waals surface area (Å²) in [6, 6.07) is 12.5. The summed E-state index contributed by atoms with van der Waals surface area (Å²) in [5.74, 6) is 0. The van der Waals surface area contributed by atoms with Crippen molar-refractivity contribution in [3.63, 3.8) is 0 Å². The first kappa shape index (κ1) is 12.4. The molecule has 2 nitrogen and oxygen atoms in total. The van der Waals surface area contributed by atoms with Crippen LogP contribution in [0.4, 0.5) is 0 Å². The Morgan fingerprint density at radius 1 is 1.06 bits per heavy atom. The molecule has 0 fully saturated rings. The Kier molecular flexibility index (Phi) is 3.38. The molecular weight excluding hydrogens is 234 g/mol. The van der Waals surface area contributed by atoms with Gasteiger partial charge in [-0.1, -0.05) is 36.4 Å². The van der Waals surface area contributed by atoms with Crippen molar-refractivity contribution in [3.8, 4) is 0 Å². The molecular formula is C14H16ClNO. The van der Waals surface area contributed by atoms with Crippen molar-refractivity contribution in [1.82, 2.24) is 0 Å². The number of rotatable bonds is 0. The predicted octanol–water partition coefficient (Wildman–Crippen LogP) is 2.05. The van der Waals surface area contributed by atoms with Gasteiger partial charge in [0.15, 0.2) is 0 Å². The lowest BCUT2D eigenvalue weighted by Crippen LogP contribution is -2.41. The van der Waals surface area contributed by atoms with Gasteiger partial charge in [0.25, 0.3) is 0 Å². The zero-order valence-electron chi connectivity index (χ0n) is 9.47. The van der Waals surface area contributed by atoms with Crippen LogP contribution in [0.3, 0.4) is 0 Å². The van der Waals surface area contributed by atoms with Gasteiger partial charge in [-0.3, -0.25) is 0 Å². The van der Waals surface area contributed by atoms with Gasteiger partial charge in [0.2, 0.25) is 0 Å². The van der Waals surface area contributed by atoms with E-state index in [0.29, 0.717) is 6.42 Å². The molecule has 2 atom stereocenters. The number of fused-ring (bicyclic) bond motifs is 3. The third-order valence-corrected chi connectivity index (χ3v) is 3.50. The molecule has 17 heavy (non-hydrogen) atoms. The van der Waals surface area contributed by atoms with Crippen molar-refractivity contribution in [3.05, 3.63) is 47.5 Å². The highest BCUT2D eigenvalue weighted by molar-refractivity contribution is 5.87. The van der Waals surface area contributed by atoms with Gasteiger partial charge in [-0.05, 0) is 28.3 Å². The van der Waals surface area contributed by atoms with E-state index in [1.165, 1.54) is 21.9 Å². The molecule has 1 aliphatic rings. The highest BCUT2D eigenvalue weighted by Gasteiger charge is 2.24. The molecule has 0 aliphatic heterocycles. The Balaban J connectivity index is 0.00000108. The molecule has 0 bridgehead atoms. The molecule has 0 spiro atoms. The maximum Gasteiger partial charge on any atom is 0.0734 e. The molecule has 0 radical (unpaired) electrons. The number of aliphatic hydroxyl groups excluding tert-OH is 1. The van der Waals surface area contributed by atoms with E-state index in [4.69, 9.17) is 5.73 Å². The fourth-order valence-corrected chi connectivity index (χ4v) is 2.56. The van der Waals surface area contributed by atoms with E-state index in [0.717, 1.165) is 6.42 Å². The summed E-state index contributed by atoms with van der Waals surface area (Å²) in [5.41, 5.74) is 8.45. The molecule has 3 heteroatoms. The normalized spacial score (nSPS) is 22.9. The number of nitrogens with two attached hydrogens (primary N) is 1. The van der Waals surface area contributed by atoms with Gasteiger partial charge < -0.3 is 10.8 Å². The van der Waals surface area contributed by atoms with E-state index in [9.17, 15) is 5.11 Å². The van der Waals surface area contributed by atoms with Gasteiger partial charge in [-0.25, -0.2) is 0 Å². The van der Waals surface area contributed by atoms with Crippen molar-refractivity contribution in [2.45, 2.75) is 25.0 Å². The first-order chi connectivity index (χ1) is 7.75. The molecule has 2 aromatic carbocycles. The van der Waals surface area contributed by atoms with Crippen LogP contribution in [0, 0.1) is 0 Å². The minimum atomic E-state index is -0.404. The predicted molar refractivity (Wildman–Crippen MR) is 72.6 cm³/mol. The Bertz CT molecular complexity index is 541. The number of benzene rings is 2. The summed E-state index contributed by atoms with van der Waals surface area (Å²) in [6.45, 7) is 0. The van der Waals surface area contributed by atoms with Crippen LogP contribution in [-0.2, 0) is 12.8 Å². The number of aliphatic hydroxyl groups is 1. The fourth-order valence-electron chi connectivity index (χ4n) is 2.56. The summed E-state index contributed by atoms with van der Waals surface area (Å²) < 4.78 is 0. The molecule has 0 heterocycles. The fraction of sp³-hybridized carbons (Fsp3) is 0.286. The van der Waals surface area contributed by atoms with Gasteiger partial charge in [-0.15, -0.1) is 12.4 Å². The Labute approximate surface area is 107 Å². The SMILES string of the molecule is Cl.N[C@H]1Cc2ccc3ccccc3c2C[C@@H]1O. The van der Waals surface area contributed by atoms with Crippen LogP contribution in [0.25, 0.3) is 10.8 Å². The van der Waals surface area contributed by atoms with Crippen molar-refractivity contribution in [2.24, 2.45) is 5.73 Å². The largest absolute Gasteiger partial charge is 0.391 e. The molecule has 2 aromatic rings. The molecule has 0 aromatic heterocycles. The standard InChI is InChI=1S/C14H15NO.ClH/c15-13-7-10-6-5-9-3-1-2-4-11(9)12(10)8-14(13)16;/h1-6,13-14,16H,7-8,15H2;1H/t13-,14-;/m0./s1. The second kappa shape index (κ2) is 4.65. The maximum absolute atomic E-state index is 9.86. The minimum absolute atomic E-state index is 0. The van der Waals surface area contributed by atoms with Gasteiger partial charge in [-0.2, -0.15) is 0 Å². The van der Waals surface area contributed by atoms with Crippen LogP contribution >= 0.6 is 12.4 Å². The summed E-state index contributed by atoms with van der Waals surface area (Å²) in [5, 5.41) is 12.4. The quantitative estimate of drug-likeness (QED) is 0.751. The van der Waals surface area contributed by atoms with Crippen LogP contribution in [-0.4, -0.2) is 17.3 Å². The van der Waals surface area contributed by atoms with Crippen molar-refractivity contribution >= 4 is 23.2 Å². The maximum atomic E-state index is 9.86. The second-order valence-corrected chi connectivity index (χ2v) is 4.56. The summed E-state index contributed by atoms with van der Waals surface area (Å²) in [4.78, 5) is 0. The molecule has 3 N–H and O–H groups in total. The third-order valence-electron chi connectivity index (χ3n) is 3.50. The van der Waals surface area contributed by atoms with E-state index in [-0.39, 0.29) is 18.4 Å². The molecule has 1 aliphatic carbocycles. The van der Waals surface area contributed by atoms with Gasteiger partial charge in [0, 0.05) is 12.5 Å². The highest BCUT2D eigenvalue weighted by Crippen LogP contribution is 2.28. The van der Waals surface area contributed by atoms with E-state index in [1.54, 1.807) is 0 Å².